The quantitative estimate of drug-likeness (QED) is 0.819. The number of nitrogens with one attached hydrogen (secondary N) is 2. The molecule has 1 unspecified atom stereocenters. The van der Waals surface area contributed by atoms with E-state index in [0.29, 0.717) is 6.04 Å². The van der Waals surface area contributed by atoms with Crippen molar-refractivity contribution in [3.05, 3.63) is 24.3 Å². The molecule has 6 nitrogen and oxygen atoms in total. The van der Waals surface area contributed by atoms with E-state index in [1.807, 2.05) is 18.2 Å². The van der Waals surface area contributed by atoms with Gasteiger partial charge >= 0.3 is 6.03 Å². The molecule has 2 aromatic rings. The van der Waals surface area contributed by atoms with Crippen molar-refractivity contribution in [2.45, 2.75) is 55.5 Å². The van der Waals surface area contributed by atoms with Crippen molar-refractivity contribution in [2.24, 2.45) is 0 Å². The fourth-order valence-electron chi connectivity index (χ4n) is 3.29. The van der Waals surface area contributed by atoms with Crippen LogP contribution in [0.5, 0.6) is 0 Å². The highest BCUT2D eigenvalue weighted by molar-refractivity contribution is 8.00. The minimum absolute atomic E-state index is 0.313. The number of carbonyl (C=O) groups excluding carboxylic acids is 2. The molecule has 1 fully saturated rings. The topological polar surface area (TPSA) is 76.0 Å². The Labute approximate surface area is 151 Å². The predicted molar refractivity (Wildman–Crippen MR) is 99.8 cm³/mol. The number of hydrogen-bond acceptors (Lipinski definition) is 4. The lowest BCUT2D eigenvalue weighted by Crippen LogP contribution is -2.41. The summed E-state index contributed by atoms with van der Waals surface area (Å²) in [5.41, 5.74) is 2.07. The number of imidazole rings is 1. The monoisotopic (exact) mass is 360 g/mol. The Balaban J connectivity index is 1.87. The van der Waals surface area contributed by atoms with E-state index in [1.54, 1.807) is 6.92 Å². The Morgan fingerprint density at radius 3 is 2.68 bits per heavy atom. The molecule has 1 aliphatic rings. The Hall–Kier alpha value is -2.02. The van der Waals surface area contributed by atoms with Crippen LogP contribution in [0.2, 0.25) is 0 Å². The van der Waals surface area contributed by atoms with Gasteiger partial charge in [0.15, 0.2) is 5.16 Å². The molecule has 1 atom stereocenters. The van der Waals surface area contributed by atoms with Gasteiger partial charge < -0.3 is 9.88 Å². The number of carbonyl (C=O) groups is 2. The first-order valence-corrected chi connectivity index (χ1v) is 9.64. The minimum Gasteiger partial charge on any atom is -0.341 e. The highest BCUT2D eigenvalue weighted by Gasteiger charge is 2.25. The zero-order valence-electron chi connectivity index (χ0n) is 14.6. The number of para-hydroxylation sites is 2. The molecule has 25 heavy (non-hydrogen) atoms. The summed E-state index contributed by atoms with van der Waals surface area (Å²) in [4.78, 5) is 28.3. The number of benzene rings is 1. The SMILES string of the molecule is CNC(=O)NC(=O)C(C)Sc1nc2ccccc2n1C1CCCCC1. The van der Waals surface area contributed by atoms with Gasteiger partial charge in [0.05, 0.1) is 16.3 Å². The number of urea groups is 1. The summed E-state index contributed by atoms with van der Waals surface area (Å²) in [7, 11) is 1.49. The third kappa shape index (κ3) is 3.98. The average Bonchev–Trinajstić information content (AvgIpc) is 2.99. The fraction of sp³-hybridized carbons (Fsp3) is 0.500. The molecule has 1 aliphatic carbocycles. The summed E-state index contributed by atoms with van der Waals surface area (Å²) in [5.74, 6) is -0.313. The van der Waals surface area contributed by atoms with Crippen LogP contribution in [0.3, 0.4) is 0 Å². The summed E-state index contributed by atoms with van der Waals surface area (Å²) in [6.45, 7) is 1.80. The second-order valence-corrected chi connectivity index (χ2v) is 7.68. The largest absolute Gasteiger partial charge is 0.341 e. The van der Waals surface area contributed by atoms with E-state index in [9.17, 15) is 9.59 Å². The van der Waals surface area contributed by atoms with Crippen LogP contribution in [0.1, 0.15) is 45.1 Å². The van der Waals surface area contributed by atoms with Gasteiger partial charge in [-0.1, -0.05) is 43.2 Å². The molecule has 1 aromatic carbocycles. The van der Waals surface area contributed by atoms with E-state index in [4.69, 9.17) is 4.98 Å². The highest BCUT2D eigenvalue weighted by atomic mass is 32.2. The van der Waals surface area contributed by atoms with E-state index < -0.39 is 11.3 Å². The number of hydrogen-bond donors (Lipinski definition) is 2. The van der Waals surface area contributed by atoms with Gasteiger partial charge in [-0.05, 0) is 31.9 Å². The number of amides is 3. The van der Waals surface area contributed by atoms with Crippen molar-refractivity contribution in [2.75, 3.05) is 7.05 Å². The van der Waals surface area contributed by atoms with Crippen LogP contribution in [0, 0.1) is 0 Å². The molecule has 0 spiro atoms. The van der Waals surface area contributed by atoms with E-state index >= 15 is 0 Å². The van der Waals surface area contributed by atoms with Gasteiger partial charge in [0.25, 0.3) is 0 Å². The summed E-state index contributed by atoms with van der Waals surface area (Å²) in [6, 6.07) is 8.05. The summed E-state index contributed by atoms with van der Waals surface area (Å²) in [5, 5.41) is 5.18. The average molecular weight is 360 g/mol. The molecular weight excluding hydrogens is 336 g/mol. The Bertz CT molecular complexity index is 768. The molecule has 0 aliphatic heterocycles. The number of nitrogens with zero attached hydrogens (tertiary/aromatic N) is 2. The third-order valence-electron chi connectivity index (χ3n) is 4.62. The number of thioether (sulfide) groups is 1. The molecule has 7 heteroatoms. The lowest BCUT2D eigenvalue weighted by atomic mass is 9.95. The first-order chi connectivity index (χ1) is 12.1. The molecule has 0 radical (unpaired) electrons. The lowest BCUT2D eigenvalue weighted by Gasteiger charge is -2.25. The van der Waals surface area contributed by atoms with Gasteiger partial charge in [0, 0.05) is 13.1 Å². The van der Waals surface area contributed by atoms with Crippen LogP contribution in [0.4, 0.5) is 4.79 Å². The van der Waals surface area contributed by atoms with Crippen LogP contribution in [0.25, 0.3) is 11.0 Å². The Kier molecular flexibility index (Phi) is 5.63. The zero-order valence-corrected chi connectivity index (χ0v) is 15.4. The van der Waals surface area contributed by atoms with E-state index in [0.717, 1.165) is 29.0 Å². The van der Waals surface area contributed by atoms with Gasteiger partial charge in [0.2, 0.25) is 5.91 Å². The van der Waals surface area contributed by atoms with Crippen LogP contribution in [0.15, 0.2) is 29.4 Å². The molecule has 3 rings (SSSR count). The summed E-state index contributed by atoms with van der Waals surface area (Å²) < 4.78 is 2.29. The molecule has 0 bridgehead atoms. The molecule has 1 heterocycles. The summed E-state index contributed by atoms with van der Waals surface area (Å²) in [6.07, 6.45) is 6.04. The lowest BCUT2D eigenvalue weighted by molar-refractivity contribution is -0.119. The second kappa shape index (κ2) is 7.91. The van der Waals surface area contributed by atoms with Gasteiger partial charge in [-0.15, -0.1) is 0 Å². The molecule has 134 valence electrons. The second-order valence-electron chi connectivity index (χ2n) is 6.37. The predicted octanol–water partition coefficient (Wildman–Crippen LogP) is 3.48. The first kappa shape index (κ1) is 17.8. The van der Waals surface area contributed by atoms with Crippen LogP contribution in [-0.2, 0) is 4.79 Å². The van der Waals surface area contributed by atoms with Crippen LogP contribution < -0.4 is 10.6 Å². The highest BCUT2D eigenvalue weighted by Crippen LogP contribution is 2.36. The Morgan fingerprint density at radius 1 is 1.24 bits per heavy atom. The van der Waals surface area contributed by atoms with Crippen molar-refractivity contribution >= 4 is 34.7 Å². The van der Waals surface area contributed by atoms with Crippen LogP contribution >= 0.6 is 11.8 Å². The molecule has 1 aromatic heterocycles. The number of aromatic nitrogens is 2. The molecule has 1 saturated carbocycles. The van der Waals surface area contributed by atoms with Crippen molar-refractivity contribution in [3.63, 3.8) is 0 Å². The number of rotatable bonds is 4. The van der Waals surface area contributed by atoms with Crippen molar-refractivity contribution in [1.82, 2.24) is 20.2 Å². The maximum atomic E-state index is 12.2. The maximum Gasteiger partial charge on any atom is 0.321 e. The minimum atomic E-state index is -0.488. The van der Waals surface area contributed by atoms with E-state index in [2.05, 4.69) is 21.3 Å². The first-order valence-electron chi connectivity index (χ1n) is 8.76. The summed E-state index contributed by atoms with van der Waals surface area (Å²) >= 11 is 1.41. The molecular formula is C18H24N4O2S. The molecule has 3 amide bonds. The van der Waals surface area contributed by atoms with E-state index in [1.165, 1.54) is 38.1 Å². The zero-order chi connectivity index (χ0) is 17.8. The van der Waals surface area contributed by atoms with Crippen molar-refractivity contribution in [3.8, 4) is 0 Å². The number of fused-ring (bicyclic) bond motifs is 1. The normalized spacial score (nSPS) is 16.6. The smallest absolute Gasteiger partial charge is 0.321 e. The van der Waals surface area contributed by atoms with Crippen molar-refractivity contribution < 1.29 is 9.59 Å². The Morgan fingerprint density at radius 2 is 1.96 bits per heavy atom. The fourth-order valence-corrected chi connectivity index (χ4v) is 4.28. The third-order valence-corrected chi connectivity index (χ3v) is 5.68. The van der Waals surface area contributed by atoms with Gasteiger partial charge in [-0.2, -0.15) is 0 Å². The van der Waals surface area contributed by atoms with Gasteiger partial charge in [-0.25, -0.2) is 9.78 Å². The van der Waals surface area contributed by atoms with Crippen LogP contribution in [-0.4, -0.2) is 33.8 Å². The standard InChI is InChI=1S/C18H24N4O2S/c1-12(16(23)21-17(24)19-2)25-18-20-14-10-6-7-11-15(14)22(18)13-8-4-3-5-9-13/h6-7,10-13H,3-5,8-9H2,1-2H3,(H2,19,21,23,24). The van der Waals surface area contributed by atoms with Gasteiger partial charge in [0.1, 0.15) is 0 Å². The van der Waals surface area contributed by atoms with Gasteiger partial charge in [-0.3, -0.25) is 10.1 Å². The van der Waals surface area contributed by atoms with E-state index in [-0.39, 0.29) is 5.91 Å². The van der Waals surface area contributed by atoms with Crippen molar-refractivity contribution in [1.29, 1.82) is 0 Å². The number of imide groups is 1. The molecule has 2 N–H and O–H groups in total. The molecule has 0 saturated heterocycles. The maximum absolute atomic E-state index is 12.2.